The molecule has 45 heavy (non-hydrogen) atoms. The summed E-state index contributed by atoms with van der Waals surface area (Å²) in [6, 6.07) is 11.3. The molecule has 0 radical (unpaired) electrons. The average molecular weight is 684 g/mol. The minimum absolute atomic E-state index is 0.0343. The zero-order chi connectivity index (χ0) is 30.9. The Kier molecular flexibility index (Phi) is 7.90. The average Bonchev–Trinajstić information content (AvgIpc) is 3.57. The van der Waals surface area contributed by atoms with E-state index in [4.69, 9.17) is 10.5 Å². The van der Waals surface area contributed by atoms with E-state index in [1.54, 1.807) is 30.9 Å². The van der Waals surface area contributed by atoms with Crippen molar-refractivity contribution in [1.82, 2.24) is 34.6 Å². The van der Waals surface area contributed by atoms with Crippen LogP contribution >= 0.6 is 27.3 Å². The number of carbonyl (C=O) groups is 2. The molecular weight excluding hydrogens is 656 g/mol. The van der Waals surface area contributed by atoms with Crippen molar-refractivity contribution in [1.29, 1.82) is 5.41 Å². The van der Waals surface area contributed by atoms with Crippen LogP contribution in [0.3, 0.4) is 0 Å². The first kappa shape index (κ1) is 28.9. The first-order valence-corrected chi connectivity index (χ1v) is 16.1. The fraction of sp³-hybridized carbons (Fsp3) is 0.226. The zero-order valence-electron chi connectivity index (χ0n) is 24.0. The molecule has 1 saturated heterocycles. The third-order valence-electron chi connectivity index (χ3n) is 7.84. The largest absolute Gasteiger partial charge is 0.339 e. The van der Waals surface area contributed by atoms with E-state index in [0.29, 0.717) is 49.1 Å². The van der Waals surface area contributed by atoms with Gasteiger partial charge in [-0.05, 0) is 71.6 Å². The molecule has 0 spiro atoms. The molecule has 4 aromatic heterocycles. The number of pyridine rings is 1. The molecule has 2 amide bonds. The molecule has 226 valence electrons. The molecule has 5 aromatic rings. The van der Waals surface area contributed by atoms with Gasteiger partial charge in [-0.25, -0.2) is 19.6 Å². The summed E-state index contributed by atoms with van der Waals surface area (Å²) in [7, 11) is 0. The van der Waals surface area contributed by atoms with E-state index in [-0.39, 0.29) is 5.91 Å². The Morgan fingerprint density at radius 3 is 2.67 bits per heavy atom. The number of fused-ring (bicyclic) bond motifs is 3. The van der Waals surface area contributed by atoms with Crippen LogP contribution in [0.25, 0.3) is 27.5 Å². The molecule has 1 aromatic carbocycles. The van der Waals surface area contributed by atoms with Crippen molar-refractivity contribution in [2.24, 2.45) is 0 Å². The fourth-order valence-electron chi connectivity index (χ4n) is 5.74. The number of anilines is 2. The van der Waals surface area contributed by atoms with Crippen LogP contribution in [0, 0.1) is 5.41 Å². The Bertz CT molecular complexity index is 1910. The van der Waals surface area contributed by atoms with E-state index in [0.717, 1.165) is 62.4 Å². The minimum atomic E-state index is -0.528. The number of amides is 2. The van der Waals surface area contributed by atoms with Crippen molar-refractivity contribution >= 4 is 56.4 Å². The minimum Gasteiger partial charge on any atom is -0.339 e. The number of nitrogens with one attached hydrogen (secondary N) is 2. The summed E-state index contributed by atoms with van der Waals surface area (Å²) >= 11 is 5.11. The number of aromatic nitrogens is 6. The van der Waals surface area contributed by atoms with Crippen LogP contribution in [0.1, 0.15) is 28.0 Å². The summed E-state index contributed by atoms with van der Waals surface area (Å²) in [6.45, 7) is 2.66. The number of nitrogens with zero attached hydrogens (tertiary/aromatic N) is 8. The van der Waals surface area contributed by atoms with E-state index >= 15 is 0 Å². The van der Waals surface area contributed by atoms with Crippen LogP contribution in [-0.2, 0) is 17.6 Å². The van der Waals surface area contributed by atoms with Gasteiger partial charge in [-0.15, -0.1) is 0 Å². The van der Waals surface area contributed by atoms with Crippen molar-refractivity contribution in [3.05, 3.63) is 82.5 Å². The summed E-state index contributed by atoms with van der Waals surface area (Å²) in [5, 5.41) is 15.5. The first-order valence-electron chi connectivity index (χ1n) is 14.4. The van der Waals surface area contributed by atoms with Gasteiger partial charge in [0.2, 0.25) is 5.95 Å². The van der Waals surface area contributed by atoms with E-state index in [9.17, 15) is 9.59 Å². The highest BCUT2D eigenvalue weighted by Crippen LogP contribution is 2.44. The molecule has 12 nitrogen and oxygen atoms in total. The lowest BCUT2D eigenvalue weighted by Gasteiger charge is -2.22. The van der Waals surface area contributed by atoms with Crippen molar-refractivity contribution in [2.75, 3.05) is 36.4 Å². The predicted molar refractivity (Wildman–Crippen MR) is 175 cm³/mol. The van der Waals surface area contributed by atoms with Gasteiger partial charge >= 0.3 is 0 Å². The second-order valence-electron chi connectivity index (χ2n) is 10.6. The molecule has 0 saturated carbocycles. The Morgan fingerprint density at radius 2 is 1.89 bits per heavy atom. The van der Waals surface area contributed by atoms with Crippen molar-refractivity contribution in [2.45, 2.75) is 19.3 Å². The van der Waals surface area contributed by atoms with Gasteiger partial charge in [-0.3, -0.25) is 19.9 Å². The van der Waals surface area contributed by atoms with Crippen LogP contribution in [0.15, 0.2) is 65.7 Å². The summed E-state index contributed by atoms with van der Waals surface area (Å²) in [5.74, 6) is 0.118. The molecule has 0 bridgehead atoms. The summed E-state index contributed by atoms with van der Waals surface area (Å²) in [4.78, 5) is 48.2. The Morgan fingerprint density at radius 1 is 1.02 bits per heavy atom. The number of hydrogen-bond acceptors (Lipinski definition) is 10. The van der Waals surface area contributed by atoms with Gasteiger partial charge in [-0.2, -0.15) is 5.10 Å². The van der Waals surface area contributed by atoms with Gasteiger partial charge in [0.05, 0.1) is 33.9 Å². The SMILES string of the molecule is N=CC(=O)Nc1nc2c(s1)-c1c(c(-c3cccnc3)nn1-c1ccc(C(=O)N3CCCN(c4ncccn4)CC3)cc1Br)CC2. The van der Waals surface area contributed by atoms with E-state index in [1.807, 2.05) is 39.9 Å². The Hall–Kier alpha value is -4.82. The number of halogens is 1. The molecule has 7 rings (SSSR count). The lowest BCUT2D eigenvalue weighted by Crippen LogP contribution is -2.35. The monoisotopic (exact) mass is 682 g/mol. The molecule has 1 aliphatic carbocycles. The van der Waals surface area contributed by atoms with Crippen LogP contribution < -0.4 is 10.2 Å². The van der Waals surface area contributed by atoms with Crippen LogP contribution in [0.4, 0.5) is 11.1 Å². The third kappa shape index (κ3) is 5.62. The number of aryl methyl sites for hydroxylation is 1. The van der Waals surface area contributed by atoms with Gasteiger partial charge in [0, 0.05) is 72.1 Å². The first-order chi connectivity index (χ1) is 22.0. The Labute approximate surface area is 270 Å². The van der Waals surface area contributed by atoms with E-state index in [2.05, 4.69) is 46.1 Å². The van der Waals surface area contributed by atoms with Crippen LogP contribution in [-0.4, -0.2) is 78.8 Å². The van der Waals surface area contributed by atoms with E-state index in [1.165, 1.54) is 11.3 Å². The predicted octanol–water partition coefficient (Wildman–Crippen LogP) is 4.65. The van der Waals surface area contributed by atoms with Gasteiger partial charge in [0.25, 0.3) is 11.8 Å². The number of hydrogen-bond donors (Lipinski definition) is 2. The summed E-state index contributed by atoms with van der Waals surface area (Å²) in [6.07, 6.45) is 9.95. The number of carbonyl (C=O) groups excluding carboxylic acids is 2. The molecule has 2 aliphatic rings. The highest BCUT2D eigenvalue weighted by Gasteiger charge is 2.31. The highest BCUT2D eigenvalue weighted by molar-refractivity contribution is 9.10. The maximum Gasteiger partial charge on any atom is 0.267 e. The lowest BCUT2D eigenvalue weighted by atomic mass is 9.95. The molecule has 14 heteroatoms. The molecular formula is C31H27BrN10O2S. The maximum absolute atomic E-state index is 13.7. The normalized spacial score (nSPS) is 14.3. The van der Waals surface area contributed by atoms with Crippen molar-refractivity contribution < 1.29 is 9.59 Å². The molecule has 1 fully saturated rings. The summed E-state index contributed by atoms with van der Waals surface area (Å²) in [5.41, 5.74) is 5.89. The van der Waals surface area contributed by atoms with Gasteiger partial charge in [-0.1, -0.05) is 11.3 Å². The number of benzene rings is 1. The highest BCUT2D eigenvalue weighted by atomic mass is 79.9. The lowest BCUT2D eigenvalue weighted by molar-refractivity contribution is -0.110. The molecule has 0 atom stereocenters. The van der Waals surface area contributed by atoms with Gasteiger partial charge in [0.1, 0.15) is 0 Å². The fourth-order valence-corrected chi connectivity index (χ4v) is 7.36. The van der Waals surface area contributed by atoms with Crippen LogP contribution in [0.5, 0.6) is 0 Å². The van der Waals surface area contributed by atoms with Crippen molar-refractivity contribution in [3.63, 3.8) is 0 Å². The van der Waals surface area contributed by atoms with Crippen LogP contribution in [0.2, 0.25) is 0 Å². The quantitative estimate of drug-likeness (QED) is 0.246. The number of rotatable bonds is 6. The second kappa shape index (κ2) is 12.3. The molecule has 0 unspecified atom stereocenters. The van der Waals surface area contributed by atoms with Crippen molar-refractivity contribution in [3.8, 4) is 27.5 Å². The topological polar surface area (TPSA) is 146 Å². The third-order valence-corrected chi connectivity index (χ3v) is 9.50. The van der Waals surface area contributed by atoms with Gasteiger partial charge < -0.3 is 15.2 Å². The summed E-state index contributed by atoms with van der Waals surface area (Å²) < 4.78 is 2.61. The van der Waals surface area contributed by atoms with E-state index < -0.39 is 5.91 Å². The maximum atomic E-state index is 13.7. The molecule has 2 N–H and O–H groups in total. The Balaban J connectivity index is 1.22. The molecule has 1 aliphatic heterocycles. The smallest absolute Gasteiger partial charge is 0.267 e. The van der Waals surface area contributed by atoms with Gasteiger partial charge in [0.15, 0.2) is 5.13 Å². The molecule has 5 heterocycles. The standard InChI is InChI=1S/C31H27BrN10O2S/c32-22-16-19(29(44)40-12-3-13-41(15-14-40)30-35-10-2-11-36-30)5-8-24(22)42-27-21(26(39-42)20-4-1-9-34-18-20)6-7-23-28(27)45-31(37-23)38-25(43)17-33/h1-2,4-5,8-11,16-18,33H,3,6-7,12-15H2,(H,37,38,43). The number of thiazole rings is 1. The zero-order valence-corrected chi connectivity index (χ0v) is 26.4. The second-order valence-corrected chi connectivity index (χ2v) is 12.5.